The number of nitrogen functional groups attached to an aromatic ring is 1. The van der Waals surface area contributed by atoms with Gasteiger partial charge in [-0.05, 0) is 23.8 Å². The lowest BCUT2D eigenvalue weighted by Crippen LogP contribution is -2.10. The first-order valence-electron chi connectivity index (χ1n) is 4.29. The molecule has 1 rings (SSSR count). The molecule has 1 aromatic heterocycles. The summed E-state index contributed by atoms with van der Waals surface area (Å²) in [6, 6.07) is 0.306. The molecule has 0 fully saturated rings. The summed E-state index contributed by atoms with van der Waals surface area (Å²) in [6.07, 6.45) is 3.44. The predicted molar refractivity (Wildman–Crippen MR) is 46.5 cm³/mol. The van der Waals surface area contributed by atoms with Crippen molar-refractivity contribution in [3.63, 3.8) is 0 Å². The standard InChI is InChI=1S/C7H15N5/c1-3-4-5-6(2)12-7(8)9-10-11-12/h6H,3-5H2,1-2H3,(H2,8,9,11). The van der Waals surface area contributed by atoms with E-state index in [2.05, 4.69) is 29.4 Å². The van der Waals surface area contributed by atoms with Crippen LogP contribution >= 0.6 is 0 Å². The van der Waals surface area contributed by atoms with Gasteiger partial charge in [0.15, 0.2) is 0 Å². The fraction of sp³-hybridized carbons (Fsp3) is 0.857. The van der Waals surface area contributed by atoms with E-state index in [-0.39, 0.29) is 0 Å². The zero-order chi connectivity index (χ0) is 8.97. The number of anilines is 1. The van der Waals surface area contributed by atoms with Crippen LogP contribution in [-0.2, 0) is 0 Å². The van der Waals surface area contributed by atoms with Crippen molar-refractivity contribution in [3.05, 3.63) is 0 Å². The smallest absolute Gasteiger partial charge is 0.240 e. The lowest BCUT2D eigenvalue weighted by molar-refractivity contribution is 0.439. The zero-order valence-electron chi connectivity index (χ0n) is 7.56. The Morgan fingerprint density at radius 2 is 2.33 bits per heavy atom. The van der Waals surface area contributed by atoms with E-state index in [9.17, 15) is 0 Å². The van der Waals surface area contributed by atoms with Crippen LogP contribution in [0.4, 0.5) is 5.95 Å². The van der Waals surface area contributed by atoms with Crippen LogP contribution in [0.25, 0.3) is 0 Å². The fourth-order valence-corrected chi connectivity index (χ4v) is 1.14. The first kappa shape index (κ1) is 8.96. The molecule has 68 valence electrons. The Bertz CT molecular complexity index is 231. The summed E-state index contributed by atoms with van der Waals surface area (Å²) in [5, 5.41) is 10.9. The second kappa shape index (κ2) is 4.04. The topological polar surface area (TPSA) is 69.6 Å². The molecule has 0 radical (unpaired) electrons. The monoisotopic (exact) mass is 169 g/mol. The van der Waals surface area contributed by atoms with Gasteiger partial charge in [0.05, 0.1) is 6.04 Å². The minimum atomic E-state index is 0.306. The molecule has 1 atom stereocenters. The molecule has 5 heteroatoms. The summed E-state index contributed by atoms with van der Waals surface area (Å²) in [5.74, 6) is 0.401. The van der Waals surface area contributed by atoms with Gasteiger partial charge in [-0.25, -0.2) is 4.68 Å². The third kappa shape index (κ3) is 1.93. The average Bonchev–Trinajstić information content (AvgIpc) is 2.47. The van der Waals surface area contributed by atoms with Crippen molar-refractivity contribution in [2.75, 3.05) is 5.73 Å². The van der Waals surface area contributed by atoms with E-state index in [0.29, 0.717) is 12.0 Å². The number of nitrogens with two attached hydrogens (primary N) is 1. The molecule has 1 heterocycles. The van der Waals surface area contributed by atoms with Crippen molar-refractivity contribution in [1.29, 1.82) is 0 Å². The highest BCUT2D eigenvalue weighted by Gasteiger charge is 2.08. The third-order valence-corrected chi connectivity index (χ3v) is 1.91. The molecule has 2 N–H and O–H groups in total. The largest absolute Gasteiger partial charge is 0.367 e. The van der Waals surface area contributed by atoms with Gasteiger partial charge in [-0.3, -0.25) is 0 Å². The molecule has 1 aromatic rings. The Morgan fingerprint density at radius 1 is 1.58 bits per heavy atom. The van der Waals surface area contributed by atoms with Gasteiger partial charge in [0.2, 0.25) is 5.95 Å². The Morgan fingerprint density at radius 3 is 2.83 bits per heavy atom. The number of hydrogen-bond donors (Lipinski definition) is 1. The van der Waals surface area contributed by atoms with E-state index in [1.54, 1.807) is 4.68 Å². The van der Waals surface area contributed by atoms with Crippen LogP contribution in [0.3, 0.4) is 0 Å². The van der Waals surface area contributed by atoms with Crippen LogP contribution in [0, 0.1) is 0 Å². The summed E-state index contributed by atoms with van der Waals surface area (Å²) < 4.78 is 1.66. The molecule has 0 spiro atoms. The van der Waals surface area contributed by atoms with Crippen LogP contribution < -0.4 is 5.73 Å². The normalized spacial score (nSPS) is 13.2. The van der Waals surface area contributed by atoms with Gasteiger partial charge >= 0.3 is 0 Å². The third-order valence-electron chi connectivity index (χ3n) is 1.91. The van der Waals surface area contributed by atoms with Crippen molar-refractivity contribution in [1.82, 2.24) is 20.2 Å². The van der Waals surface area contributed by atoms with Crippen LogP contribution in [0.5, 0.6) is 0 Å². The molecular weight excluding hydrogens is 154 g/mol. The first-order chi connectivity index (χ1) is 5.75. The quantitative estimate of drug-likeness (QED) is 0.730. The molecular formula is C7H15N5. The molecule has 12 heavy (non-hydrogen) atoms. The number of rotatable bonds is 4. The summed E-state index contributed by atoms with van der Waals surface area (Å²) in [7, 11) is 0. The van der Waals surface area contributed by atoms with Gasteiger partial charge in [-0.2, -0.15) is 0 Å². The highest BCUT2D eigenvalue weighted by Crippen LogP contribution is 2.14. The molecule has 0 bridgehead atoms. The highest BCUT2D eigenvalue weighted by molar-refractivity contribution is 5.10. The Kier molecular flexibility index (Phi) is 3.01. The van der Waals surface area contributed by atoms with Gasteiger partial charge in [0.25, 0.3) is 0 Å². The molecule has 0 aromatic carbocycles. The van der Waals surface area contributed by atoms with Crippen molar-refractivity contribution in [2.24, 2.45) is 0 Å². The van der Waals surface area contributed by atoms with Crippen LogP contribution in [-0.4, -0.2) is 20.2 Å². The molecule has 5 nitrogen and oxygen atoms in total. The Labute approximate surface area is 71.9 Å². The SMILES string of the molecule is CCCCC(C)n1nnnc1N. The molecule has 0 aliphatic heterocycles. The fourth-order valence-electron chi connectivity index (χ4n) is 1.14. The Balaban J connectivity index is 2.52. The second-order valence-corrected chi connectivity index (χ2v) is 2.97. The van der Waals surface area contributed by atoms with Crippen LogP contribution in [0.2, 0.25) is 0 Å². The Hall–Kier alpha value is -1.13. The maximum atomic E-state index is 5.54. The predicted octanol–water partition coefficient (Wildman–Crippen LogP) is 1.01. The minimum absolute atomic E-state index is 0.306. The highest BCUT2D eigenvalue weighted by atomic mass is 15.6. The number of tetrazole rings is 1. The van der Waals surface area contributed by atoms with Crippen molar-refractivity contribution in [2.45, 2.75) is 39.2 Å². The average molecular weight is 169 g/mol. The lowest BCUT2D eigenvalue weighted by atomic mass is 10.1. The summed E-state index contributed by atoms with van der Waals surface area (Å²) >= 11 is 0. The number of aromatic nitrogens is 4. The molecule has 1 unspecified atom stereocenters. The van der Waals surface area contributed by atoms with Gasteiger partial charge in [-0.15, -0.1) is 0 Å². The minimum Gasteiger partial charge on any atom is -0.367 e. The van der Waals surface area contributed by atoms with Gasteiger partial charge < -0.3 is 5.73 Å². The first-order valence-corrected chi connectivity index (χ1v) is 4.29. The van der Waals surface area contributed by atoms with Crippen molar-refractivity contribution < 1.29 is 0 Å². The summed E-state index contributed by atoms with van der Waals surface area (Å²) in [5.41, 5.74) is 5.54. The number of hydrogen-bond acceptors (Lipinski definition) is 4. The maximum absolute atomic E-state index is 5.54. The molecule has 0 aliphatic rings. The zero-order valence-corrected chi connectivity index (χ0v) is 7.56. The maximum Gasteiger partial charge on any atom is 0.240 e. The van der Waals surface area contributed by atoms with Crippen LogP contribution in [0.1, 0.15) is 39.2 Å². The molecule has 0 saturated heterocycles. The molecule has 0 amide bonds. The van der Waals surface area contributed by atoms with E-state index in [1.165, 1.54) is 12.8 Å². The molecule has 0 saturated carbocycles. The van der Waals surface area contributed by atoms with Gasteiger partial charge in [0.1, 0.15) is 0 Å². The summed E-state index contributed by atoms with van der Waals surface area (Å²) in [6.45, 7) is 4.23. The second-order valence-electron chi connectivity index (χ2n) is 2.97. The van der Waals surface area contributed by atoms with Gasteiger partial charge in [-0.1, -0.05) is 24.9 Å². The van der Waals surface area contributed by atoms with E-state index in [4.69, 9.17) is 5.73 Å². The summed E-state index contributed by atoms with van der Waals surface area (Å²) in [4.78, 5) is 0. The number of unbranched alkanes of at least 4 members (excludes halogenated alkanes) is 1. The lowest BCUT2D eigenvalue weighted by Gasteiger charge is -2.10. The van der Waals surface area contributed by atoms with Crippen molar-refractivity contribution >= 4 is 5.95 Å². The van der Waals surface area contributed by atoms with E-state index >= 15 is 0 Å². The van der Waals surface area contributed by atoms with Crippen LogP contribution in [0.15, 0.2) is 0 Å². The molecule has 0 aliphatic carbocycles. The van der Waals surface area contributed by atoms with E-state index in [0.717, 1.165) is 6.42 Å². The van der Waals surface area contributed by atoms with Crippen molar-refractivity contribution in [3.8, 4) is 0 Å². The van der Waals surface area contributed by atoms with E-state index in [1.807, 2.05) is 0 Å². The van der Waals surface area contributed by atoms with Gasteiger partial charge in [0, 0.05) is 0 Å². The van der Waals surface area contributed by atoms with E-state index < -0.39 is 0 Å². The number of nitrogens with zero attached hydrogens (tertiary/aromatic N) is 4.